The molecule has 1 aromatic heterocycles. The maximum atomic E-state index is 12.6. The lowest BCUT2D eigenvalue weighted by Crippen LogP contribution is -2.36. The van der Waals surface area contributed by atoms with Crippen molar-refractivity contribution < 1.29 is 8.42 Å². The van der Waals surface area contributed by atoms with Gasteiger partial charge >= 0.3 is 0 Å². The van der Waals surface area contributed by atoms with E-state index in [1.807, 2.05) is 6.07 Å². The van der Waals surface area contributed by atoms with Gasteiger partial charge in [0.05, 0.1) is 0 Å². The zero-order chi connectivity index (χ0) is 15.6. The highest BCUT2D eigenvalue weighted by Gasteiger charge is 2.26. The molecule has 2 saturated heterocycles. The van der Waals surface area contributed by atoms with Crippen LogP contribution in [-0.4, -0.2) is 43.9 Å². The Morgan fingerprint density at radius 2 is 1.86 bits per heavy atom. The summed E-state index contributed by atoms with van der Waals surface area (Å²) < 4.78 is 26.8. The molecular formula is C16H25N3O2S. The molecule has 1 atom stereocenters. The fourth-order valence-electron chi connectivity index (χ4n) is 3.36. The van der Waals surface area contributed by atoms with Gasteiger partial charge in [-0.25, -0.2) is 13.4 Å². The first-order valence-electron chi connectivity index (χ1n) is 8.28. The molecule has 0 aliphatic carbocycles. The van der Waals surface area contributed by atoms with Crippen LogP contribution in [0.3, 0.4) is 0 Å². The molecule has 0 saturated carbocycles. The Morgan fingerprint density at radius 3 is 2.50 bits per heavy atom. The standard InChI is InChI=1S/C16H25N3O2S/c1-14-6-5-9-18(13-14)16-8-7-15(12-17-16)22(20,21)19-10-3-2-4-11-19/h7-8,12,14H,2-6,9-11,13H2,1H3. The van der Waals surface area contributed by atoms with Crippen molar-refractivity contribution in [3.05, 3.63) is 18.3 Å². The average molecular weight is 323 g/mol. The van der Waals surface area contributed by atoms with Crippen LogP contribution in [-0.2, 0) is 10.0 Å². The lowest BCUT2D eigenvalue weighted by atomic mass is 10.0. The van der Waals surface area contributed by atoms with Gasteiger partial charge in [0, 0.05) is 32.4 Å². The maximum absolute atomic E-state index is 12.6. The number of hydrogen-bond acceptors (Lipinski definition) is 4. The van der Waals surface area contributed by atoms with Crippen molar-refractivity contribution in [3.8, 4) is 0 Å². The van der Waals surface area contributed by atoms with Crippen molar-refractivity contribution in [1.29, 1.82) is 0 Å². The summed E-state index contributed by atoms with van der Waals surface area (Å²) in [4.78, 5) is 7.00. The maximum Gasteiger partial charge on any atom is 0.244 e. The van der Waals surface area contributed by atoms with Crippen LogP contribution < -0.4 is 4.90 Å². The molecule has 0 bridgehead atoms. The third kappa shape index (κ3) is 3.27. The molecule has 0 amide bonds. The number of hydrogen-bond donors (Lipinski definition) is 0. The van der Waals surface area contributed by atoms with E-state index >= 15 is 0 Å². The summed E-state index contributed by atoms with van der Waals surface area (Å²) in [5.41, 5.74) is 0. The Hall–Kier alpha value is -1.14. The van der Waals surface area contributed by atoms with Crippen LogP contribution in [0.2, 0.25) is 0 Å². The SMILES string of the molecule is CC1CCCN(c2ccc(S(=O)(=O)N3CCCCC3)cn2)C1. The van der Waals surface area contributed by atoms with E-state index in [9.17, 15) is 8.42 Å². The largest absolute Gasteiger partial charge is 0.356 e. The second kappa shape index (κ2) is 6.54. The second-order valence-electron chi connectivity index (χ2n) is 6.51. The van der Waals surface area contributed by atoms with Gasteiger partial charge in [-0.05, 0) is 43.7 Å². The molecule has 2 aliphatic heterocycles. The van der Waals surface area contributed by atoms with E-state index in [0.29, 0.717) is 23.9 Å². The van der Waals surface area contributed by atoms with Gasteiger partial charge in [0.25, 0.3) is 0 Å². The van der Waals surface area contributed by atoms with Crippen molar-refractivity contribution in [2.45, 2.75) is 43.9 Å². The Balaban J connectivity index is 1.75. The summed E-state index contributed by atoms with van der Waals surface area (Å²) in [5, 5.41) is 0. The van der Waals surface area contributed by atoms with Gasteiger partial charge in [-0.15, -0.1) is 0 Å². The van der Waals surface area contributed by atoms with Crippen molar-refractivity contribution in [1.82, 2.24) is 9.29 Å². The quantitative estimate of drug-likeness (QED) is 0.857. The van der Waals surface area contributed by atoms with Crippen molar-refractivity contribution in [2.75, 3.05) is 31.1 Å². The van der Waals surface area contributed by atoms with E-state index < -0.39 is 10.0 Å². The first-order chi connectivity index (χ1) is 10.6. The highest BCUT2D eigenvalue weighted by molar-refractivity contribution is 7.89. The molecule has 0 aromatic carbocycles. The Labute approximate surface area is 133 Å². The molecule has 22 heavy (non-hydrogen) atoms. The molecule has 2 aliphatic rings. The molecule has 0 spiro atoms. The second-order valence-corrected chi connectivity index (χ2v) is 8.45. The number of piperidine rings is 2. The summed E-state index contributed by atoms with van der Waals surface area (Å²) >= 11 is 0. The highest BCUT2D eigenvalue weighted by Crippen LogP contribution is 2.24. The topological polar surface area (TPSA) is 53.5 Å². The molecule has 1 unspecified atom stereocenters. The summed E-state index contributed by atoms with van der Waals surface area (Å²) in [7, 11) is -3.37. The molecule has 122 valence electrons. The molecule has 0 N–H and O–H groups in total. The monoisotopic (exact) mass is 323 g/mol. The van der Waals surface area contributed by atoms with E-state index in [0.717, 1.165) is 38.2 Å². The highest BCUT2D eigenvalue weighted by atomic mass is 32.2. The lowest BCUT2D eigenvalue weighted by molar-refractivity contribution is 0.346. The number of rotatable bonds is 3. The van der Waals surface area contributed by atoms with Crippen molar-refractivity contribution in [2.24, 2.45) is 5.92 Å². The van der Waals surface area contributed by atoms with Gasteiger partial charge in [-0.2, -0.15) is 4.31 Å². The molecule has 3 rings (SSSR count). The molecule has 1 aromatic rings. The van der Waals surface area contributed by atoms with E-state index in [1.54, 1.807) is 10.4 Å². The minimum atomic E-state index is -3.37. The normalized spacial score (nSPS) is 24.4. The Bertz CT molecular complexity index is 594. The predicted octanol–water partition coefficient (Wildman–Crippen LogP) is 2.49. The van der Waals surface area contributed by atoms with Crippen LogP contribution in [0.15, 0.2) is 23.2 Å². The summed E-state index contributed by atoms with van der Waals surface area (Å²) in [5.74, 6) is 1.57. The van der Waals surface area contributed by atoms with Crippen LogP contribution in [0.4, 0.5) is 5.82 Å². The summed E-state index contributed by atoms with van der Waals surface area (Å²) in [6.07, 6.45) is 7.00. The van der Waals surface area contributed by atoms with E-state index in [4.69, 9.17) is 0 Å². The summed E-state index contributed by atoms with van der Waals surface area (Å²) in [6, 6.07) is 3.57. The van der Waals surface area contributed by atoms with E-state index in [2.05, 4.69) is 16.8 Å². The van der Waals surface area contributed by atoms with Gasteiger partial charge in [0.2, 0.25) is 10.0 Å². The average Bonchev–Trinajstić information content (AvgIpc) is 2.56. The third-order valence-corrected chi connectivity index (χ3v) is 6.54. The lowest BCUT2D eigenvalue weighted by Gasteiger charge is -2.32. The van der Waals surface area contributed by atoms with Gasteiger partial charge < -0.3 is 4.90 Å². The van der Waals surface area contributed by atoms with E-state index in [1.165, 1.54) is 19.0 Å². The minimum Gasteiger partial charge on any atom is -0.356 e. The molecule has 3 heterocycles. The smallest absolute Gasteiger partial charge is 0.244 e. The molecule has 5 nitrogen and oxygen atoms in total. The number of pyridine rings is 1. The van der Waals surface area contributed by atoms with Crippen molar-refractivity contribution in [3.63, 3.8) is 0 Å². The molecule has 2 fully saturated rings. The third-order valence-electron chi connectivity index (χ3n) is 4.65. The molecule has 0 radical (unpaired) electrons. The Morgan fingerprint density at radius 1 is 1.09 bits per heavy atom. The van der Waals surface area contributed by atoms with Crippen LogP contribution in [0.1, 0.15) is 39.0 Å². The zero-order valence-corrected chi connectivity index (χ0v) is 14.1. The zero-order valence-electron chi connectivity index (χ0n) is 13.2. The Kier molecular flexibility index (Phi) is 4.68. The van der Waals surface area contributed by atoms with Gasteiger partial charge in [-0.1, -0.05) is 13.3 Å². The number of sulfonamides is 1. The van der Waals surface area contributed by atoms with Crippen LogP contribution in [0.5, 0.6) is 0 Å². The number of nitrogens with zero attached hydrogens (tertiary/aromatic N) is 3. The van der Waals surface area contributed by atoms with Crippen molar-refractivity contribution >= 4 is 15.8 Å². The minimum absolute atomic E-state index is 0.322. The first kappa shape index (κ1) is 15.7. The number of anilines is 1. The van der Waals surface area contributed by atoms with Gasteiger partial charge in [0.15, 0.2) is 0 Å². The summed E-state index contributed by atoms with van der Waals surface area (Å²) in [6.45, 7) is 5.53. The van der Waals surface area contributed by atoms with Crippen LogP contribution >= 0.6 is 0 Å². The fraction of sp³-hybridized carbons (Fsp3) is 0.688. The van der Waals surface area contributed by atoms with Crippen LogP contribution in [0, 0.1) is 5.92 Å². The van der Waals surface area contributed by atoms with Gasteiger partial charge in [-0.3, -0.25) is 0 Å². The molecular weight excluding hydrogens is 298 g/mol. The fourth-order valence-corrected chi connectivity index (χ4v) is 4.83. The predicted molar refractivity (Wildman–Crippen MR) is 87.5 cm³/mol. The molecule has 6 heteroatoms. The van der Waals surface area contributed by atoms with Gasteiger partial charge in [0.1, 0.15) is 10.7 Å². The first-order valence-corrected chi connectivity index (χ1v) is 9.72. The van der Waals surface area contributed by atoms with Crippen LogP contribution in [0.25, 0.3) is 0 Å². The number of aromatic nitrogens is 1. The van der Waals surface area contributed by atoms with E-state index in [-0.39, 0.29) is 0 Å².